The van der Waals surface area contributed by atoms with Crippen LogP contribution in [-0.4, -0.2) is 36.9 Å². The Kier molecular flexibility index (Phi) is 7.27. The van der Waals surface area contributed by atoms with E-state index in [2.05, 4.69) is 28.7 Å². The molecular formula is C17H22ClN3O2S2. The molecule has 2 aromatic rings. The molecule has 1 saturated heterocycles. The zero-order valence-electron chi connectivity index (χ0n) is 14.0. The van der Waals surface area contributed by atoms with Crippen molar-refractivity contribution in [1.29, 1.82) is 0 Å². The number of hydrogen-bond donors (Lipinski definition) is 2. The number of nitrogens with one attached hydrogen (secondary N) is 1. The van der Waals surface area contributed by atoms with Crippen LogP contribution in [0, 0.1) is 5.41 Å². The molecule has 0 unspecified atom stereocenters. The molecule has 1 aliphatic rings. The molecule has 8 heteroatoms. The average Bonchev–Trinajstić information content (AvgIpc) is 3.10. The Hall–Kier alpha value is -1.12. The number of thiazole rings is 1. The number of nitrogens with zero attached hydrogens (tertiary/aromatic N) is 1. The topological polar surface area (TPSA) is 77.2 Å². The first kappa shape index (κ1) is 20.2. The molecule has 3 N–H and O–H groups in total. The first-order valence-corrected chi connectivity index (χ1v) is 9.96. The normalized spacial score (nSPS) is 16.1. The van der Waals surface area contributed by atoms with Crippen molar-refractivity contribution >= 4 is 46.5 Å². The summed E-state index contributed by atoms with van der Waals surface area (Å²) in [5, 5.41) is 5.52. The summed E-state index contributed by atoms with van der Waals surface area (Å²) in [6, 6.07) is 8.24. The summed E-state index contributed by atoms with van der Waals surface area (Å²) in [4.78, 5) is 18.4. The molecule has 0 aliphatic carbocycles. The van der Waals surface area contributed by atoms with E-state index < -0.39 is 5.41 Å². The van der Waals surface area contributed by atoms with E-state index in [0.29, 0.717) is 37.7 Å². The minimum atomic E-state index is -0.538. The van der Waals surface area contributed by atoms with Crippen LogP contribution >= 0.6 is 35.5 Å². The van der Waals surface area contributed by atoms with Crippen LogP contribution in [0.5, 0.6) is 0 Å². The largest absolute Gasteiger partial charge is 0.381 e. The molecule has 2 heterocycles. The van der Waals surface area contributed by atoms with Gasteiger partial charge in [0.1, 0.15) is 0 Å². The van der Waals surface area contributed by atoms with Crippen LogP contribution in [0.1, 0.15) is 12.8 Å². The van der Waals surface area contributed by atoms with Crippen LogP contribution in [0.2, 0.25) is 0 Å². The molecule has 1 aromatic carbocycles. The van der Waals surface area contributed by atoms with Crippen molar-refractivity contribution in [2.75, 3.05) is 31.3 Å². The van der Waals surface area contributed by atoms with Crippen molar-refractivity contribution in [3.05, 3.63) is 29.6 Å². The highest BCUT2D eigenvalue weighted by molar-refractivity contribution is 7.98. The molecule has 1 amide bonds. The summed E-state index contributed by atoms with van der Waals surface area (Å²) in [6.45, 7) is 1.49. The van der Waals surface area contributed by atoms with E-state index in [9.17, 15) is 4.79 Å². The summed E-state index contributed by atoms with van der Waals surface area (Å²) in [7, 11) is 0. The van der Waals surface area contributed by atoms with Gasteiger partial charge in [-0.25, -0.2) is 4.98 Å². The van der Waals surface area contributed by atoms with Crippen LogP contribution in [0.25, 0.3) is 11.3 Å². The van der Waals surface area contributed by atoms with Gasteiger partial charge in [-0.1, -0.05) is 12.1 Å². The molecule has 0 bridgehead atoms. The van der Waals surface area contributed by atoms with Gasteiger partial charge in [-0.15, -0.1) is 35.5 Å². The smallest absolute Gasteiger partial charge is 0.233 e. The summed E-state index contributed by atoms with van der Waals surface area (Å²) >= 11 is 3.14. The zero-order chi connectivity index (χ0) is 17.0. The van der Waals surface area contributed by atoms with Gasteiger partial charge in [-0.05, 0) is 31.2 Å². The van der Waals surface area contributed by atoms with Crippen molar-refractivity contribution in [2.45, 2.75) is 17.7 Å². The number of rotatable bonds is 5. The fourth-order valence-electron chi connectivity index (χ4n) is 2.74. The number of hydrogen-bond acceptors (Lipinski definition) is 6. The predicted octanol–water partition coefficient (Wildman–Crippen LogP) is 3.65. The van der Waals surface area contributed by atoms with Gasteiger partial charge in [0.15, 0.2) is 5.13 Å². The third kappa shape index (κ3) is 4.54. The van der Waals surface area contributed by atoms with Gasteiger partial charge in [-0.2, -0.15) is 0 Å². The van der Waals surface area contributed by atoms with Gasteiger partial charge in [0.2, 0.25) is 5.91 Å². The zero-order valence-corrected chi connectivity index (χ0v) is 16.4. The minimum Gasteiger partial charge on any atom is -0.381 e. The molecule has 0 saturated carbocycles. The van der Waals surface area contributed by atoms with E-state index in [1.165, 1.54) is 16.2 Å². The number of ether oxygens (including phenoxy) is 1. The first-order chi connectivity index (χ1) is 11.7. The predicted molar refractivity (Wildman–Crippen MR) is 107 cm³/mol. The van der Waals surface area contributed by atoms with Crippen molar-refractivity contribution in [2.24, 2.45) is 11.1 Å². The van der Waals surface area contributed by atoms with Crippen LogP contribution in [-0.2, 0) is 9.53 Å². The molecule has 25 heavy (non-hydrogen) atoms. The Labute approximate surface area is 162 Å². The number of anilines is 1. The summed E-state index contributed by atoms with van der Waals surface area (Å²) < 4.78 is 5.36. The van der Waals surface area contributed by atoms with Gasteiger partial charge < -0.3 is 15.8 Å². The standard InChI is InChI=1S/C17H21N3O2S2.ClH/c1-23-13-4-2-12(3-5-13)14-10-24-16(19-14)20-15(21)17(11-18)6-8-22-9-7-17;/h2-5,10H,6-9,11,18H2,1H3,(H,19,20,21);1H. The van der Waals surface area contributed by atoms with Gasteiger partial charge in [0.05, 0.1) is 11.1 Å². The highest BCUT2D eigenvalue weighted by Crippen LogP contribution is 2.32. The molecule has 136 valence electrons. The Morgan fingerprint density at radius 2 is 2.04 bits per heavy atom. The highest BCUT2D eigenvalue weighted by Gasteiger charge is 2.39. The fraction of sp³-hybridized carbons (Fsp3) is 0.412. The van der Waals surface area contributed by atoms with E-state index in [-0.39, 0.29) is 18.3 Å². The minimum absolute atomic E-state index is 0. The maximum Gasteiger partial charge on any atom is 0.233 e. The van der Waals surface area contributed by atoms with E-state index in [0.717, 1.165) is 11.3 Å². The second-order valence-electron chi connectivity index (χ2n) is 5.82. The number of halogens is 1. The number of carbonyl (C=O) groups excluding carboxylic acids is 1. The highest BCUT2D eigenvalue weighted by atomic mass is 35.5. The molecule has 0 spiro atoms. The Bertz CT molecular complexity index is 700. The van der Waals surface area contributed by atoms with Crippen LogP contribution in [0.3, 0.4) is 0 Å². The Morgan fingerprint density at radius 1 is 1.36 bits per heavy atom. The van der Waals surface area contributed by atoms with Crippen LogP contribution < -0.4 is 11.1 Å². The third-order valence-corrected chi connectivity index (χ3v) is 5.93. The molecule has 3 rings (SSSR count). The van der Waals surface area contributed by atoms with Crippen molar-refractivity contribution in [1.82, 2.24) is 4.98 Å². The Morgan fingerprint density at radius 3 is 2.64 bits per heavy atom. The molecule has 0 atom stereocenters. The number of amides is 1. The van der Waals surface area contributed by atoms with Gasteiger partial charge in [0, 0.05) is 35.6 Å². The SMILES string of the molecule is CSc1ccc(-c2csc(NC(=O)C3(CN)CCOCC3)n2)cc1.Cl. The van der Waals surface area contributed by atoms with Crippen molar-refractivity contribution < 1.29 is 9.53 Å². The lowest BCUT2D eigenvalue weighted by atomic mass is 9.79. The van der Waals surface area contributed by atoms with Crippen molar-refractivity contribution in [3.8, 4) is 11.3 Å². The lowest BCUT2D eigenvalue weighted by molar-refractivity contribution is -0.130. The van der Waals surface area contributed by atoms with Gasteiger partial charge >= 0.3 is 0 Å². The van der Waals surface area contributed by atoms with E-state index in [1.807, 2.05) is 17.5 Å². The number of carbonyl (C=O) groups is 1. The molecule has 1 fully saturated rings. The number of benzene rings is 1. The monoisotopic (exact) mass is 399 g/mol. The molecule has 5 nitrogen and oxygen atoms in total. The lowest BCUT2D eigenvalue weighted by Crippen LogP contribution is -2.46. The maximum absolute atomic E-state index is 12.7. The van der Waals surface area contributed by atoms with Crippen molar-refractivity contribution in [3.63, 3.8) is 0 Å². The number of thioether (sulfide) groups is 1. The maximum atomic E-state index is 12.7. The van der Waals surface area contributed by atoms with E-state index in [1.54, 1.807) is 11.8 Å². The first-order valence-electron chi connectivity index (χ1n) is 7.86. The molecule has 0 radical (unpaired) electrons. The average molecular weight is 400 g/mol. The number of nitrogens with two attached hydrogens (primary N) is 1. The van der Waals surface area contributed by atoms with Crippen LogP contribution in [0.15, 0.2) is 34.5 Å². The quantitative estimate of drug-likeness (QED) is 0.750. The van der Waals surface area contributed by atoms with E-state index >= 15 is 0 Å². The fourth-order valence-corrected chi connectivity index (χ4v) is 3.86. The van der Waals surface area contributed by atoms with Gasteiger partial charge in [0.25, 0.3) is 0 Å². The molecular weight excluding hydrogens is 378 g/mol. The van der Waals surface area contributed by atoms with Crippen LogP contribution in [0.4, 0.5) is 5.13 Å². The Balaban J connectivity index is 0.00000225. The molecule has 1 aromatic heterocycles. The molecule has 1 aliphatic heterocycles. The van der Waals surface area contributed by atoms with E-state index in [4.69, 9.17) is 10.5 Å². The lowest BCUT2D eigenvalue weighted by Gasteiger charge is -2.34. The number of aromatic nitrogens is 1. The van der Waals surface area contributed by atoms with Gasteiger partial charge in [-0.3, -0.25) is 4.79 Å². The summed E-state index contributed by atoms with van der Waals surface area (Å²) in [6.07, 6.45) is 3.36. The summed E-state index contributed by atoms with van der Waals surface area (Å²) in [5.74, 6) is -0.0491. The second kappa shape index (κ2) is 9.00. The third-order valence-electron chi connectivity index (χ3n) is 4.43. The summed E-state index contributed by atoms with van der Waals surface area (Å²) in [5.41, 5.74) is 7.26. The second-order valence-corrected chi connectivity index (χ2v) is 7.56.